The Hall–Kier alpha value is -2.75. The molecular weight excluding hydrogens is 278 g/mol. The molecule has 4 rings (SSSR count). The highest BCUT2D eigenvalue weighted by atomic mass is 16.5. The highest BCUT2D eigenvalue weighted by Crippen LogP contribution is 2.46. The molecule has 0 saturated heterocycles. The second-order valence-corrected chi connectivity index (χ2v) is 5.38. The van der Waals surface area contributed by atoms with Crippen molar-refractivity contribution in [2.75, 3.05) is 14.2 Å². The smallest absolute Gasteiger partial charge is 0.196 e. The van der Waals surface area contributed by atoms with Gasteiger partial charge >= 0.3 is 0 Å². The van der Waals surface area contributed by atoms with Gasteiger partial charge in [0.25, 0.3) is 0 Å². The van der Waals surface area contributed by atoms with Gasteiger partial charge in [-0.3, -0.25) is 4.79 Å². The maximum absolute atomic E-state index is 12.9. The second kappa shape index (κ2) is 4.37. The van der Waals surface area contributed by atoms with Crippen LogP contribution < -0.4 is 9.47 Å². The van der Waals surface area contributed by atoms with Gasteiger partial charge in [-0.05, 0) is 18.2 Å². The summed E-state index contributed by atoms with van der Waals surface area (Å²) >= 11 is 0. The lowest BCUT2D eigenvalue weighted by atomic mass is 10.1. The maximum Gasteiger partial charge on any atom is 0.196 e. The lowest BCUT2D eigenvalue weighted by Gasteiger charge is -2.11. The van der Waals surface area contributed by atoms with E-state index in [4.69, 9.17) is 9.47 Å². The van der Waals surface area contributed by atoms with Gasteiger partial charge in [0, 0.05) is 29.1 Å². The van der Waals surface area contributed by atoms with Gasteiger partial charge in [0.2, 0.25) is 0 Å². The Morgan fingerprint density at radius 2 is 1.59 bits per heavy atom. The van der Waals surface area contributed by atoms with E-state index in [9.17, 15) is 4.79 Å². The van der Waals surface area contributed by atoms with E-state index in [-0.39, 0.29) is 5.78 Å². The van der Waals surface area contributed by atoms with Crippen LogP contribution in [0.1, 0.15) is 15.9 Å². The molecule has 0 unspecified atom stereocenters. The summed E-state index contributed by atoms with van der Waals surface area (Å²) in [6, 6.07) is 11.6. The summed E-state index contributed by atoms with van der Waals surface area (Å²) in [5.74, 6) is 1.25. The van der Waals surface area contributed by atoms with Gasteiger partial charge in [-0.15, -0.1) is 0 Å². The van der Waals surface area contributed by atoms with E-state index in [1.165, 1.54) is 0 Å². The van der Waals surface area contributed by atoms with Gasteiger partial charge in [0.05, 0.1) is 25.5 Å². The Bertz CT molecular complexity index is 937. The van der Waals surface area contributed by atoms with Gasteiger partial charge in [-0.25, -0.2) is 0 Å². The summed E-state index contributed by atoms with van der Waals surface area (Å²) in [6.45, 7) is 0. The zero-order valence-electron chi connectivity index (χ0n) is 12.6. The Labute approximate surface area is 127 Å². The largest absolute Gasteiger partial charge is 0.493 e. The molecule has 22 heavy (non-hydrogen) atoms. The number of ether oxygens (including phenoxy) is 2. The number of aryl methyl sites for hydroxylation is 1. The molecule has 0 aliphatic heterocycles. The van der Waals surface area contributed by atoms with Crippen LogP contribution in [0.4, 0.5) is 0 Å². The van der Waals surface area contributed by atoms with E-state index < -0.39 is 0 Å². The minimum atomic E-state index is 0.0442. The molecule has 0 radical (unpaired) electrons. The molecule has 1 heterocycles. The van der Waals surface area contributed by atoms with Crippen LogP contribution in [-0.2, 0) is 7.05 Å². The van der Waals surface area contributed by atoms with Gasteiger partial charge in [-0.1, -0.05) is 18.2 Å². The number of rotatable bonds is 2. The molecule has 1 aromatic heterocycles. The Morgan fingerprint density at radius 3 is 2.27 bits per heavy atom. The minimum absolute atomic E-state index is 0.0442. The summed E-state index contributed by atoms with van der Waals surface area (Å²) in [4.78, 5) is 12.9. The topological polar surface area (TPSA) is 40.5 Å². The lowest BCUT2D eigenvalue weighted by Crippen LogP contribution is -1.98. The van der Waals surface area contributed by atoms with Crippen LogP contribution >= 0.6 is 0 Å². The highest BCUT2D eigenvalue weighted by Gasteiger charge is 2.33. The van der Waals surface area contributed by atoms with Gasteiger partial charge in [0.1, 0.15) is 0 Å². The van der Waals surface area contributed by atoms with Crippen molar-refractivity contribution in [1.82, 2.24) is 4.57 Å². The SMILES string of the molecule is COc1cc2c(cc1OC)-c1c(c3ccccc3n1C)C2=O. The fourth-order valence-electron chi connectivity index (χ4n) is 3.34. The Kier molecular flexibility index (Phi) is 2.57. The molecule has 0 fully saturated rings. The fraction of sp³-hybridized carbons (Fsp3) is 0.167. The predicted molar refractivity (Wildman–Crippen MR) is 84.9 cm³/mol. The molecule has 0 saturated carbocycles. The molecule has 0 spiro atoms. The van der Waals surface area contributed by atoms with E-state index in [1.54, 1.807) is 20.3 Å². The first-order valence-corrected chi connectivity index (χ1v) is 7.06. The van der Waals surface area contributed by atoms with Crippen molar-refractivity contribution in [3.05, 3.63) is 47.5 Å². The third-order valence-electron chi connectivity index (χ3n) is 4.36. The average molecular weight is 293 g/mol. The average Bonchev–Trinajstić information content (AvgIpc) is 3.01. The number of fused-ring (bicyclic) bond motifs is 5. The molecule has 0 amide bonds. The number of carbonyl (C=O) groups is 1. The minimum Gasteiger partial charge on any atom is -0.493 e. The summed E-state index contributed by atoms with van der Waals surface area (Å²) in [7, 11) is 5.16. The Morgan fingerprint density at radius 1 is 0.955 bits per heavy atom. The van der Waals surface area contributed by atoms with Crippen LogP contribution in [0.15, 0.2) is 36.4 Å². The fourth-order valence-corrected chi connectivity index (χ4v) is 3.34. The number of methoxy groups -OCH3 is 2. The lowest BCUT2D eigenvalue weighted by molar-refractivity contribution is 0.104. The summed E-state index contributed by atoms with van der Waals surface area (Å²) in [5.41, 5.74) is 4.34. The van der Waals surface area contributed by atoms with Crippen LogP contribution in [0.25, 0.3) is 22.2 Å². The van der Waals surface area contributed by atoms with Crippen molar-refractivity contribution in [2.24, 2.45) is 7.05 Å². The van der Waals surface area contributed by atoms with Crippen molar-refractivity contribution >= 4 is 16.7 Å². The molecule has 1 aliphatic carbocycles. The van der Waals surface area contributed by atoms with Crippen molar-refractivity contribution in [3.8, 4) is 22.8 Å². The molecule has 4 nitrogen and oxygen atoms in total. The third kappa shape index (κ3) is 1.44. The number of hydrogen-bond donors (Lipinski definition) is 0. The van der Waals surface area contributed by atoms with Crippen molar-refractivity contribution in [2.45, 2.75) is 0 Å². The normalized spacial score (nSPS) is 12.4. The first kappa shape index (κ1) is 13.0. The zero-order valence-corrected chi connectivity index (χ0v) is 12.6. The van der Waals surface area contributed by atoms with E-state index in [1.807, 2.05) is 37.4 Å². The molecule has 2 aromatic carbocycles. The van der Waals surface area contributed by atoms with E-state index in [0.717, 1.165) is 27.7 Å². The van der Waals surface area contributed by atoms with Crippen LogP contribution in [-0.4, -0.2) is 24.6 Å². The summed E-state index contributed by atoms with van der Waals surface area (Å²) < 4.78 is 12.8. The number of nitrogens with zero attached hydrogens (tertiary/aromatic N) is 1. The Balaban J connectivity index is 2.11. The second-order valence-electron chi connectivity index (χ2n) is 5.38. The maximum atomic E-state index is 12.9. The van der Waals surface area contributed by atoms with Crippen LogP contribution in [0, 0.1) is 0 Å². The number of carbonyl (C=O) groups excluding carboxylic acids is 1. The molecule has 0 atom stereocenters. The monoisotopic (exact) mass is 293 g/mol. The van der Waals surface area contributed by atoms with Gasteiger partial charge in [0.15, 0.2) is 17.3 Å². The molecule has 3 aromatic rings. The quantitative estimate of drug-likeness (QED) is 0.568. The van der Waals surface area contributed by atoms with E-state index in [2.05, 4.69) is 4.57 Å². The summed E-state index contributed by atoms with van der Waals surface area (Å²) in [6.07, 6.45) is 0. The zero-order chi connectivity index (χ0) is 15.4. The first-order valence-electron chi connectivity index (χ1n) is 7.06. The number of hydrogen-bond acceptors (Lipinski definition) is 3. The molecule has 110 valence electrons. The van der Waals surface area contributed by atoms with Crippen LogP contribution in [0.5, 0.6) is 11.5 Å². The third-order valence-corrected chi connectivity index (χ3v) is 4.36. The number of benzene rings is 2. The molecule has 1 aliphatic rings. The number of para-hydroxylation sites is 1. The number of aromatic nitrogens is 1. The van der Waals surface area contributed by atoms with Crippen LogP contribution in [0.3, 0.4) is 0 Å². The van der Waals surface area contributed by atoms with Gasteiger partial charge in [-0.2, -0.15) is 0 Å². The van der Waals surface area contributed by atoms with E-state index >= 15 is 0 Å². The highest BCUT2D eigenvalue weighted by molar-refractivity contribution is 6.27. The van der Waals surface area contributed by atoms with Crippen molar-refractivity contribution < 1.29 is 14.3 Å². The molecule has 0 N–H and O–H groups in total. The van der Waals surface area contributed by atoms with Crippen molar-refractivity contribution in [1.29, 1.82) is 0 Å². The molecule has 0 bridgehead atoms. The molecule has 4 heteroatoms. The predicted octanol–water partition coefficient (Wildman–Crippen LogP) is 3.41. The summed E-state index contributed by atoms with van der Waals surface area (Å²) in [5, 5.41) is 0.985. The van der Waals surface area contributed by atoms with Crippen molar-refractivity contribution in [3.63, 3.8) is 0 Å². The standard InChI is InChI=1S/C18H15NO3/c1-19-13-7-5-4-6-10(13)16-17(19)11-8-14(21-2)15(22-3)9-12(11)18(16)20/h4-9H,1-3H3. The van der Waals surface area contributed by atoms with Crippen LogP contribution in [0.2, 0.25) is 0 Å². The van der Waals surface area contributed by atoms with Gasteiger partial charge < -0.3 is 14.0 Å². The first-order chi connectivity index (χ1) is 10.7. The molecular formula is C18H15NO3. The van der Waals surface area contributed by atoms with E-state index in [0.29, 0.717) is 17.1 Å². The number of ketones is 1.